The van der Waals surface area contributed by atoms with Gasteiger partial charge in [0.15, 0.2) is 0 Å². The second kappa shape index (κ2) is 6.59. The second-order valence-electron chi connectivity index (χ2n) is 4.93. The molecule has 1 aliphatic rings. The van der Waals surface area contributed by atoms with Gasteiger partial charge >= 0.3 is 0 Å². The molecule has 1 aromatic heterocycles. The molecule has 1 saturated heterocycles. The van der Waals surface area contributed by atoms with Gasteiger partial charge in [-0.3, -0.25) is 4.79 Å². The van der Waals surface area contributed by atoms with Crippen LogP contribution >= 0.6 is 0 Å². The lowest BCUT2D eigenvalue weighted by Gasteiger charge is -2.14. The van der Waals surface area contributed by atoms with E-state index in [1.54, 1.807) is 6.26 Å². The van der Waals surface area contributed by atoms with Crippen LogP contribution < -0.4 is 5.32 Å². The van der Waals surface area contributed by atoms with Crippen molar-refractivity contribution in [1.29, 1.82) is 0 Å². The topological polar surface area (TPSA) is 51.5 Å². The van der Waals surface area contributed by atoms with E-state index in [9.17, 15) is 4.79 Å². The third-order valence-corrected chi connectivity index (χ3v) is 3.21. The van der Waals surface area contributed by atoms with Crippen molar-refractivity contribution in [2.75, 3.05) is 6.61 Å². The van der Waals surface area contributed by atoms with E-state index in [4.69, 9.17) is 9.15 Å². The summed E-state index contributed by atoms with van der Waals surface area (Å²) in [5.41, 5.74) is 0. The Morgan fingerprint density at radius 1 is 1.61 bits per heavy atom. The third kappa shape index (κ3) is 4.18. The van der Waals surface area contributed by atoms with Crippen LogP contribution in [0.4, 0.5) is 0 Å². The minimum atomic E-state index is 0.101. The lowest BCUT2D eigenvalue weighted by atomic mass is 10.1. The smallest absolute Gasteiger partial charge is 0.220 e. The maximum absolute atomic E-state index is 11.7. The maximum atomic E-state index is 11.7. The zero-order valence-electron chi connectivity index (χ0n) is 10.9. The van der Waals surface area contributed by atoms with Crippen LogP contribution in [0.15, 0.2) is 22.8 Å². The second-order valence-corrected chi connectivity index (χ2v) is 4.93. The standard InChI is InChI=1S/C14H21NO3/c1-11(10-13-5-3-9-18-13)15-14(16)7-6-12-4-2-8-17-12/h3,5,9,11-12H,2,4,6-8,10H2,1H3,(H,15,16). The Bertz CT molecular complexity index is 355. The Hall–Kier alpha value is -1.29. The first-order chi connectivity index (χ1) is 8.74. The molecule has 2 unspecified atom stereocenters. The molecule has 100 valence electrons. The molecule has 0 aliphatic carbocycles. The highest BCUT2D eigenvalue weighted by Gasteiger charge is 2.17. The van der Waals surface area contributed by atoms with Gasteiger partial charge in [0, 0.05) is 25.5 Å². The number of furan rings is 1. The lowest BCUT2D eigenvalue weighted by Crippen LogP contribution is -2.34. The number of carbonyl (C=O) groups excluding carboxylic acids is 1. The van der Waals surface area contributed by atoms with Gasteiger partial charge in [0.2, 0.25) is 5.91 Å². The highest BCUT2D eigenvalue weighted by molar-refractivity contribution is 5.76. The molecule has 4 nitrogen and oxygen atoms in total. The molecule has 2 heterocycles. The highest BCUT2D eigenvalue weighted by atomic mass is 16.5. The predicted molar refractivity (Wildman–Crippen MR) is 68.2 cm³/mol. The van der Waals surface area contributed by atoms with Crippen LogP contribution in [0.3, 0.4) is 0 Å². The largest absolute Gasteiger partial charge is 0.469 e. The normalized spacial score (nSPS) is 20.8. The summed E-state index contributed by atoms with van der Waals surface area (Å²) in [5, 5.41) is 2.99. The van der Waals surface area contributed by atoms with Crippen LogP contribution in [0.1, 0.15) is 38.4 Å². The van der Waals surface area contributed by atoms with E-state index in [0.717, 1.165) is 38.1 Å². The molecule has 1 aromatic rings. The summed E-state index contributed by atoms with van der Waals surface area (Å²) in [6.07, 6.45) is 6.28. The van der Waals surface area contributed by atoms with Gasteiger partial charge in [-0.2, -0.15) is 0 Å². The van der Waals surface area contributed by atoms with Crippen molar-refractivity contribution in [1.82, 2.24) is 5.32 Å². The van der Waals surface area contributed by atoms with Crippen molar-refractivity contribution >= 4 is 5.91 Å². The molecule has 1 amide bonds. The van der Waals surface area contributed by atoms with Gasteiger partial charge in [0.1, 0.15) is 5.76 Å². The maximum Gasteiger partial charge on any atom is 0.220 e. The molecule has 1 fully saturated rings. The Morgan fingerprint density at radius 2 is 2.50 bits per heavy atom. The van der Waals surface area contributed by atoms with E-state index in [1.807, 2.05) is 19.1 Å². The first-order valence-electron chi connectivity index (χ1n) is 6.67. The lowest BCUT2D eigenvalue weighted by molar-refractivity contribution is -0.122. The summed E-state index contributed by atoms with van der Waals surface area (Å²) in [7, 11) is 0. The number of hydrogen-bond acceptors (Lipinski definition) is 3. The summed E-state index contributed by atoms with van der Waals surface area (Å²) in [4.78, 5) is 11.7. The summed E-state index contributed by atoms with van der Waals surface area (Å²) >= 11 is 0. The molecule has 18 heavy (non-hydrogen) atoms. The molecule has 4 heteroatoms. The SMILES string of the molecule is CC(Cc1ccco1)NC(=O)CCC1CCCO1. The Morgan fingerprint density at radius 3 is 3.17 bits per heavy atom. The van der Waals surface area contributed by atoms with Crippen LogP contribution in [0.25, 0.3) is 0 Å². The minimum absolute atomic E-state index is 0.101. The van der Waals surface area contributed by atoms with Crippen LogP contribution in [0, 0.1) is 0 Å². The van der Waals surface area contributed by atoms with Gasteiger partial charge in [0.05, 0.1) is 12.4 Å². The van der Waals surface area contributed by atoms with E-state index in [1.165, 1.54) is 0 Å². The molecule has 2 atom stereocenters. The molecule has 0 radical (unpaired) electrons. The average Bonchev–Trinajstić information content (AvgIpc) is 2.98. The van der Waals surface area contributed by atoms with Crippen LogP contribution in [-0.4, -0.2) is 24.7 Å². The van der Waals surface area contributed by atoms with Crippen LogP contribution in [0.5, 0.6) is 0 Å². The number of carbonyl (C=O) groups is 1. The van der Waals surface area contributed by atoms with E-state index in [2.05, 4.69) is 5.32 Å². The van der Waals surface area contributed by atoms with Crippen LogP contribution in [-0.2, 0) is 16.0 Å². The third-order valence-electron chi connectivity index (χ3n) is 3.21. The van der Waals surface area contributed by atoms with Gasteiger partial charge < -0.3 is 14.5 Å². The molecule has 0 aromatic carbocycles. The minimum Gasteiger partial charge on any atom is -0.469 e. The summed E-state index contributed by atoms with van der Waals surface area (Å²) in [5.74, 6) is 1.01. The predicted octanol–water partition coefficient (Wildman–Crippen LogP) is 2.29. The zero-order chi connectivity index (χ0) is 12.8. The molecule has 0 saturated carbocycles. The average molecular weight is 251 g/mol. The highest BCUT2D eigenvalue weighted by Crippen LogP contribution is 2.16. The number of amides is 1. The Kier molecular flexibility index (Phi) is 4.81. The first kappa shape index (κ1) is 13.1. The first-order valence-corrected chi connectivity index (χ1v) is 6.67. The number of nitrogens with one attached hydrogen (secondary N) is 1. The van der Waals surface area contributed by atoms with Crippen LogP contribution in [0.2, 0.25) is 0 Å². The van der Waals surface area contributed by atoms with Gasteiger partial charge in [-0.05, 0) is 38.3 Å². The molecule has 0 bridgehead atoms. The van der Waals surface area contributed by atoms with Crippen molar-refractivity contribution in [2.45, 2.75) is 51.2 Å². The fraction of sp³-hybridized carbons (Fsp3) is 0.643. The Balaban J connectivity index is 1.63. The number of rotatable bonds is 6. The Labute approximate surface area is 108 Å². The van der Waals surface area contributed by atoms with E-state index in [0.29, 0.717) is 6.42 Å². The fourth-order valence-electron chi connectivity index (χ4n) is 2.29. The van der Waals surface area contributed by atoms with Crippen molar-refractivity contribution < 1.29 is 13.9 Å². The summed E-state index contributed by atoms with van der Waals surface area (Å²) < 4.78 is 10.8. The van der Waals surface area contributed by atoms with E-state index >= 15 is 0 Å². The fourth-order valence-corrected chi connectivity index (χ4v) is 2.29. The quantitative estimate of drug-likeness (QED) is 0.844. The van der Waals surface area contributed by atoms with Gasteiger partial charge in [-0.1, -0.05) is 0 Å². The molecule has 2 rings (SSSR count). The van der Waals surface area contributed by atoms with Crippen molar-refractivity contribution in [2.24, 2.45) is 0 Å². The summed E-state index contributed by atoms with van der Waals surface area (Å²) in [6, 6.07) is 3.89. The van der Waals surface area contributed by atoms with Gasteiger partial charge in [-0.25, -0.2) is 0 Å². The molecule has 1 N–H and O–H groups in total. The summed E-state index contributed by atoms with van der Waals surface area (Å²) in [6.45, 7) is 2.84. The zero-order valence-corrected chi connectivity index (χ0v) is 10.9. The molecule has 1 aliphatic heterocycles. The monoisotopic (exact) mass is 251 g/mol. The molecule has 0 spiro atoms. The van der Waals surface area contributed by atoms with Crippen molar-refractivity contribution in [3.05, 3.63) is 24.2 Å². The molecular weight excluding hydrogens is 230 g/mol. The van der Waals surface area contributed by atoms with E-state index in [-0.39, 0.29) is 18.1 Å². The van der Waals surface area contributed by atoms with Gasteiger partial charge in [-0.15, -0.1) is 0 Å². The van der Waals surface area contributed by atoms with Crippen molar-refractivity contribution in [3.8, 4) is 0 Å². The number of ether oxygens (including phenoxy) is 1. The number of hydrogen-bond donors (Lipinski definition) is 1. The molecular formula is C14H21NO3. The van der Waals surface area contributed by atoms with Gasteiger partial charge in [0.25, 0.3) is 0 Å². The van der Waals surface area contributed by atoms with E-state index < -0.39 is 0 Å². The van der Waals surface area contributed by atoms with Crippen molar-refractivity contribution in [3.63, 3.8) is 0 Å².